The van der Waals surface area contributed by atoms with Crippen LogP contribution in [0.2, 0.25) is 0 Å². The van der Waals surface area contributed by atoms with Crippen LogP contribution >= 0.6 is 0 Å². The van der Waals surface area contributed by atoms with E-state index in [1.165, 1.54) is 6.07 Å². The van der Waals surface area contributed by atoms with Gasteiger partial charge in [-0.3, -0.25) is 14.0 Å². The van der Waals surface area contributed by atoms with Crippen molar-refractivity contribution in [3.05, 3.63) is 65.5 Å². The molecule has 1 saturated heterocycles. The molecule has 0 spiro atoms. The van der Waals surface area contributed by atoms with Gasteiger partial charge < -0.3 is 10.1 Å². The van der Waals surface area contributed by atoms with Gasteiger partial charge in [0.05, 0.1) is 31.7 Å². The molecule has 0 unspecified atom stereocenters. The molecule has 1 N–H and O–H groups in total. The number of hydrogen-bond donors (Lipinski definition) is 1. The van der Waals surface area contributed by atoms with Crippen molar-refractivity contribution in [2.45, 2.75) is 6.54 Å². The fraction of sp³-hybridized carbons (Fsp3) is 0.381. The average Bonchev–Trinajstić information content (AvgIpc) is 2.73. The summed E-state index contributed by atoms with van der Waals surface area (Å²) in [7, 11) is -3.64. The summed E-state index contributed by atoms with van der Waals surface area (Å²) in [6, 6.07) is 12.3. The number of halogens is 1. The highest BCUT2D eigenvalue weighted by atomic mass is 32.2. The van der Waals surface area contributed by atoms with Crippen molar-refractivity contribution in [3.8, 4) is 0 Å². The maximum absolute atomic E-state index is 14.0. The van der Waals surface area contributed by atoms with Gasteiger partial charge in [0.15, 0.2) is 0 Å². The lowest BCUT2D eigenvalue weighted by atomic mass is 10.1. The Morgan fingerprint density at radius 3 is 2.43 bits per heavy atom. The molecule has 30 heavy (non-hydrogen) atoms. The zero-order valence-electron chi connectivity index (χ0n) is 16.9. The molecule has 2 aromatic carbocycles. The highest BCUT2D eigenvalue weighted by Crippen LogP contribution is 2.22. The molecule has 0 aliphatic carbocycles. The van der Waals surface area contributed by atoms with Gasteiger partial charge in [-0.15, -0.1) is 0 Å². The van der Waals surface area contributed by atoms with Gasteiger partial charge in [0, 0.05) is 37.3 Å². The van der Waals surface area contributed by atoms with E-state index < -0.39 is 15.8 Å². The van der Waals surface area contributed by atoms with E-state index in [0.717, 1.165) is 30.2 Å². The summed E-state index contributed by atoms with van der Waals surface area (Å²) in [5.41, 5.74) is 1.07. The number of carbonyl (C=O) groups excluding carboxylic acids is 1. The maximum Gasteiger partial charge on any atom is 0.251 e. The van der Waals surface area contributed by atoms with E-state index in [-0.39, 0.29) is 18.0 Å². The van der Waals surface area contributed by atoms with Crippen LogP contribution in [0, 0.1) is 5.82 Å². The van der Waals surface area contributed by atoms with Crippen LogP contribution in [0.15, 0.2) is 48.5 Å². The Hall–Kier alpha value is -2.49. The second kappa shape index (κ2) is 10.0. The van der Waals surface area contributed by atoms with Gasteiger partial charge in [-0.25, -0.2) is 12.8 Å². The summed E-state index contributed by atoms with van der Waals surface area (Å²) in [6.45, 7) is 4.26. The Morgan fingerprint density at radius 1 is 1.13 bits per heavy atom. The van der Waals surface area contributed by atoms with Gasteiger partial charge in [0.2, 0.25) is 10.0 Å². The highest BCUT2D eigenvalue weighted by molar-refractivity contribution is 7.92. The lowest BCUT2D eigenvalue weighted by Gasteiger charge is -2.26. The number of nitrogens with one attached hydrogen (secondary N) is 1. The molecule has 3 rings (SSSR count). The Kier molecular flexibility index (Phi) is 7.41. The van der Waals surface area contributed by atoms with Crippen LogP contribution in [-0.4, -0.2) is 64.9 Å². The van der Waals surface area contributed by atoms with Crippen molar-refractivity contribution in [1.82, 2.24) is 10.2 Å². The van der Waals surface area contributed by atoms with Gasteiger partial charge in [0.1, 0.15) is 5.82 Å². The topological polar surface area (TPSA) is 79.0 Å². The van der Waals surface area contributed by atoms with E-state index in [0.29, 0.717) is 31.0 Å². The van der Waals surface area contributed by atoms with E-state index in [2.05, 4.69) is 10.2 Å². The molecular weight excluding hydrogens is 409 g/mol. The zero-order chi connectivity index (χ0) is 21.6. The number of amides is 1. The Bertz CT molecular complexity index is 960. The van der Waals surface area contributed by atoms with Crippen LogP contribution in [0.3, 0.4) is 0 Å². The Morgan fingerprint density at radius 2 is 1.80 bits per heavy atom. The van der Waals surface area contributed by atoms with Crippen molar-refractivity contribution < 1.29 is 22.3 Å². The van der Waals surface area contributed by atoms with Crippen LogP contribution in [-0.2, 0) is 21.3 Å². The van der Waals surface area contributed by atoms with Crippen LogP contribution in [0.4, 0.5) is 10.1 Å². The number of carbonyl (C=O) groups is 1. The molecular formula is C21H26FN3O4S. The highest BCUT2D eigenvalue weighted by Gasteiger charge is 2.20. The molecule has 1 amide bonds. The second-order valence-electron chi connectivity index (χ2n) is 7.12. The van der Waals surface area contributed by atoms with Crippen LogP contribution < -0.4 is 9.62 Å². The largest absolute Gasteiger partial charge is 0.379 e. The van der Waals surface area contributed by atoms with E-state index in [1.807, 2.05) is 0 Å². The molecule has 1 fully saturated rings. The number of rotatable bonds is 8. The third-order valence-electron chi connectivity index (χ3n) is 4.91. The molecule has 1 aliphatic heterocycles. The van der Waals surface area contributed by atoms with Gasteiger partial charge in [-0.2, -0.15) is 0 Å². The molecule has 0 saturated carbocycles. The lowest BCUT2D eigenvalue weighted by molar-refractivity contribution is 0.0383. The summed E-state index contributed by atoms with van der Waals surface area (Å²) in [5, 5.41) is 2.87. The minimum Gasteiger partial charge on any atom is -0.379 e. The van der Waals surface area contributed by atoms with Crippen molar-refractivity contribution in [1.29, 1.82) is 0 Å². The molecule has 1 aliphatic rings. The Labute approximate surface area is 176 Å². The molecule has 1 heterocycles. The minimum atomic E-state index is -3.64. The molecule has 162 valence electrons. The van der Waals surface area contributed by atoms with E-state index in [9.17, 15) is 17.6 Å². The quantitative estimate of drug-likeness (QED) is 0.685. The van der Waals surface area contributed by atoms with Crippen LogP contribution in [0.25, 0.3) is 0 Å². The molecule has 0 aromatic heterocycles. The minimum absolute atomic E-state index is 0.128. The summed E-state index contributed by atoms with van der Waals surface area (Å²) in [4.78, 5) is 14.6. The number of morpholine rings is 1. The van der Waals surface area contributed by atoms with E-state index in [1.54, 1.807) is 42.5 Å². The molecule has 0 atom stereocenters. The second-order valence-corrected chi connectivity index (χ2v) is 9.02. The third-order valence-corrected chi connectivity index (χ3v) is 6.05. The van der Waals surface area contributed by atoms with E-state index in [4.69, 9.17) is 4.74 Å². The smallest absolute Gasteiger partial charge is 0.251 e. The van der Waals surface area contributed by atoms with Crippen LogP contribution in [0.5, 0.6) is 0 Å². The van der Waals surface area contributed by atoms with Gasteiger partial charge in [0.25, 0.3) is 5.91 Å². The van der Waals surface area contributed by atoms with Crippen molar-refractivity contribution in [2.75, 3.05) is 50.0 Å². The fourth-order valence-corrected chi connectivity index (χ4v) is 4.09. The van der Waals surface area contributed by atoms with Crippen molar-refractivity contribution in [3.63, 3.8) is 0 Å². The monoisotopic (exact) mass is 435 g/mol. The normalized spacial score (nSPS) is 15.0. The number of sulfonamides is 1. The molecule has 0 radical (unpaired) electrons. The average molecular weight is 436 g/mol. The molecule has 9 heteroatoms. The Balaban J connectivity index is 1.64. The van der Waals surface area contributed by atoms with Crippen molar-refractivity contribution in [2.24, 2.45) is 0 Å². The number of hydrogen-bond acceptors (Lipinski definition) is 5. The summed E-state index contributed by atoms with van der Waals surface area (Å²) in [5.74, 6) is -0.697. The SMILES string of the molecule is CS(=O)(=O)N(Cc1ccccc1F)c1ccc(C(=O)NCCN2CCOCC2)cc1. The molecule has 0 bridgehead atoms. The first-order chi connectivity index (χ1) is 14.3. The predicted octanol–water partition coefficient (Wildman–Crippen LogP) is 1.85. The number of ether oxygens (including phenoxy) is 1. The maximum atomic E-state index is 14.0. The van der Waals surface area contributed by atoms with Gasteiger partial charge in [-0.1, -0.05) is 18.2 Å². The van der Waals surface area contributed by atoms with E-state index >= 15 is 0 Å². The first-order valence-electron chi connectivity index (χ1n) is 9.74. The lowest BCUT2D eigenvalue weighted by Crippen LogP contribution is -2.41. The van der Waals surface area contributed by atoms with Gasteiger partial charge in [-0.05, 0) is 30.3 Å². The third kappa shape index (κ3) is 6.01. The zero-order valence-corrected chi connectivity index (χ0v) is 17.7. The summed E-state index contributed by atoms with van der Waals surface area (Å²) < 4.78 is 44.9. The molecule has 7 nitrogen and oxygen atoms in total. The van der Waals surface area contributed by atoms with Gasteiger partial charge >= 0.3 is 0 Å². The van der Waals surface area contributed by atoms with Crippen molar-refractivity contribution >= 4 is 21.6 Å². The number of anilines is 1. The fourth-order valence-electron chi connectivity index (χ4n) is 3.21. The first-order valence-corrected chi connectivity index (χ1v) is 11.6. The van der Waals surface area contributed by atoms with Crippen LogP contribution in [0.1, 0.15) is 15.9 Å². The summed E-state index contributed by atoms with van der Waals surface area (Å²) >= 11 is 0. The molecule has 2 aromatic rings. The first kappa shape index (κ1) is 22.2. The summed E-state index contributed by atoms with van der Waals surface area (Å²) in [6.07, 6.45) is 1.07. The predicted molar refractivity (Wildman–Crippen MR) is 113 cm³/mol. The standard InChI is InChI=1S/C21H26FN3O4S/c1-30(27,28)25(16-18-4-2-3-5-20(18)22)19-8-6-17(7-9-19)21(26)23-10-11-24-12-14-29-15-13-24/h2-9H,10-16H2,1H3,(H,23,26). The number of nitrogens with zero attached hydrogens (tertiary/aromatic N) is 2. The number of benzene rings is 2.